The van der Waals surface area contributed by atoms with Gasteiger partial charge in [-0.15, -0.1) is 0 Å². The number of nitrogens with one attached hydrogen (secondary N) is 1. The second-order valence-electron chi connectivity index (χ2n) is 8.35. The van der Waals surface area contributed by atoms with Crippen molar-refractivity contribution in [3.05, 3.63) is 70.9 Å². The molecule has 2 aliphatic rings. The lowest BCUT2D eigenvalue weighted by Crippen LogP contribution is -2.30. The fourth-order valence-electron chi connectivity index (χ4n) is 4.36. The van der Waals surface area contributed by atoms with Gasteiger partial charge in [-0.1, -0.05) is 12.1 Å². The van der Waals surface area contributed by atoms with Crippen LogP contribution in [0.3, 0.4) is 0 Å². The van der Waals surface area contributed by atoms with Crippen molar-refractivity contribution in [3.63, 3.8) is 0 Å². The summed E-state index contributed by atoms with van der Waals surface area (Å²) >= 11 is 0. The topological polar surface area (TPSA) is 72.9 Å². The third-order valence-electron chi connectivity index (χ3n) is 6.06. The standard InChI is InChI=1S/C26H27N3O4/c1-16-7-10-23-26(28-16)29(11-12-31-23)22-6-4-5-19(17(22)2)14-27-20-8-9-21-24(13-20)32-15-25(21)33-18(3)30/h4-10,13,25,27H,11-12,14-15H2,1-3H3/t25-/m1/s1. The van der Waals surface area contributed by atoms with E-state index in [1.807, 2.05) is 37.3 Å². The highest BCUT2D eigenvalue weighted by Gasteiger charge is 2.27. The van der Waals surface area contributed by atoms with Gasteiger partial charge in [-0.05, 0) is 55.3 Å². The summed E-state index contributed by atoms with van der Waals surface area (Å²) in [6.07, 6.45) is -0.334. The first kappa shape index (κ1) is 21.1. The van der Waals surface area contributed by atoms with E-state index in [9.17, 15) is 4.79 Å². The number of benzene rings is 2. The van der Waals surface area contributed by atoms with E-state index in [1.54, 1.807) is 0 Å². The van der Waals surface area contributed by atoms with Crippen LogP contribution in [-0.2, 0) is 16.1 Å². The average Bonchev–Trinajstić information content (AvgIpc) is 3.19. The van der Waals surface area contributed by atoms with E-state index in [0.29, 0.717) is 19.8 Å². The highest BCUT2D eigenvalue weighted by Crippen LogP contribution is 2.38. The van der Waals surface area contributed by atoms with Gasteiger partial charge >= 0.3 is 5.97 Å². The quantitative estimate of drug-likeness (QED) is 0.564. The first-order valence-electron chi connectivity index (χ1n) is 11.1. The molecule has 2 aliphatic heterocycles. The van der Waals surface area contributed by atoms with Gasteiger partial charge in [0.25, 0.3) is 0 Å². The molecule has 2 aromatic carbocycles. The van der Waals surface area contributed by atoms with Gasteiger partial charge in [0, 0.05) is 42.2 Å². The molecule has 3 heterocycles. The second kappa shape index (κ2) is 8.65. The molecule has 1 aromatic heterocycles. The number of aromatic nitrogens is 1. The van der Waals surface area contributed by atoms with Gasteiger partial charge in [-0.2, -0.15) is 0 Å². The highest BCUT2D eigenvalue weighted by molar-refractivity contribution is 5.70. The predicted molar refractivity (Wildman–Crippen MR) is 126 cm³/mol. The van der Waals surface area contributed by atoms with Gasteiger partial charge in [0.05, 0.1) is 6.54 Å². The van der Waals surface area contributed by atoms with Crippen LogP contribution in [0.4, 0.5) is 17.2 Å². The molecule has 3 aromatic rings. The Balaban J connectivity index is 1.34. The molecular formula is C26H27N3O4. The molecule has 0 unspecified atom stereocenters. The smallest absolute Gasteiger partial charge is 0.303 e. The van der Waals surface area contributed by atoms with Crippen LogP contribution < -0.4 is 19.7 Å². The molecule has 7 heteroatoms. The monoisotopic (exact) mass is 445 g/mol. The van der Waals surface area contributed by atoms with Crippen molar-refractivity contribution in [2.45, 2.75) is 33.4 Å². The lowest BCUT2D eigenvalue weighted by Gasteiger charge is -2.32. The van der Waals surface area contributed by atoms with Gasteiger partial charge in [-0.3, -0.25) is 4.79 Å². The van der Waals surface area contributed by atoms with Crippen molar-refractivity contribution in [1.29, 1.82) is 0 Å². The number of hydrogen-bond acceptors (Lipinski definition) is 7. The van der Waals surface area contributed by atoms with E-state index in [0.717, 1.165) is 46.5 Å². The molecule has 1 atom stereocenters. The van der Waals surface area contributed by atoms with Crippen LogP contribution in [-0.4, -0.2) is 30.7 Å². The molecule has 0 spiro atoms. The van der Waals surface area contributed by atoms with Crippen LogP contribution >= 0.6 is 0 Å². The molecule has 0 saturated carbocycles. The molecular weight excluding hydrogens is 418 g/mol. The van der Waals surface area contributed by atoms with Crippen molar-refractivity contribution in [2.24, 2.45) is 0 Å². The number of pyridine rings is 1. The molecule has 0 saturated heterocycles. The maximum atomic E-state index is 11.3. The van der Waals surface area contributed by atoms with E-state index >= 15 is 0 Å². The Kier molecular flexibility index (Phi) is 5.54. The van der Waals surface area contributed by atoms with Crippen LogP contribution in [0.25, 0.3) is 0 Å². The molecule has 5 rings (SSSR count). The molecule has 7 nitrogen and oxygen atoms in total. The van der Waals surface area contributed by atoms with Gasteiger partial charge in [0.2, 0.25) is 0 Å². The number of esters is 1. The Morgan fingerprint density at radius 2 is 2.03 bits per heavy atom. The van der Waals surface area contributed by atoms with E-state index in [2.05, 4.69) is 35.3 Å². The van der Waals surface area contributed by atoms with E-state index in [1.165, 1.54) is 18.1 Å². The number of rotatable bonds is 5. The minimum absolute atomic E-state index is 0.303. The average molecular weight is 446 g/mol. The van der Waals surface area contributed by atoms with Crippen molar-refractivity contribution in [3.8, 4) is 11.5 Å². The SMILES string of the molecule is CC(=O)O[C@@H]1COc2cc(NCc3cccc(N4CCOc5ccc(C)nc54)c3C)ccc21. The molecule has 33 heavy (non-hydrogen) atoms. The molecule has 0 aliphatic carbocycles. The van der Waals surface area contributed by atoms with Crippen molar-refractivity contribution in [2.75, 3.05) is 30.0 Å². The number of carbonyl (C=O) groups excluding carboxylic acids is 1. The van der Waals surface area contributed by atoms with Gasteiger partial charge in [0.1, 0.15) is 19.0 Å². The fourth-order valence-corrected chi connectivity index (χ4v) is 4.36. The Labute approximate surface area is 193 Å². The predicted octanol–water partition coefficient (Wildman–Crippen LogP) is 4.84. The minimum Gasteiger partial charge on any atom is -0.489 e. The number of aryl methyl sites for hydroxylation is 1. The summed E-state index contributed by atoms with van der Waals surface area (Å²) in [6, 6.07) is 16.2. The molecule has 0 bridgehead atoms. The Bertz CT molecular complexity index is 1210. The maximum absolute atomic E-state index is 11.3. The van der Waals surface area contributed by atoms with Gasteiger partial charge < -0.3 is 24.4 Å². The zero-order valence-electron chi connectivity index (χ0n) is 19.1. The molecule has 0 fully saturated rings. The Morgan fingerprint density at radius 3 is 2.88 bits per heavy atom. The Hall–Kier alpha value is -3.74. The van der Waals surface area contributed by atoms with Crippen LogP contribution in [0.15, 0.2) is 48.5 Å². The van der Waals surface area contributed by atoms with Crippen LogP contribution in [0.5, 0.6) is 11.5 Å². The zero-order chi connectivity index (χ0) is 22.9. The first-order valence-corrected chi connectivity index (χ1v) is 11.1. The van der Waals surface area contributed by atoms with Crippen molar-refractivity contribution in [1.82, 2.24) is 4.98 Å². The molecule has 0 amide bonds. The summed E-state index contributed by atoms with van der Waals surface area (Å²) in [4.78, 5) is 18.3. The van der Waals surface area contributed by atoms with Crippen molar-refractivity contribution >= 4 is 23.2 Å². The van der Waals surface area contributed by atoms with Crippen LogP contribution in [0.1, 0.15) is 35.4 Å². The van der Waals surface area contributed by atoms with E-state index in [4.69, 9.17) is 19.2 Å². The van der Waals surface area contributed by atoms with Crippen LogP contribution in [0, 0.1) is 13.8 Å². The Morgan fingerprint density at radius 1 is 1.15 bits per heavy atom. The number of fused-ring (bicyclic) bond motifs is 2. The summed E-state index contributed by atoms with van der Waals surface area (Å²) in [5, 5.41) is 3.50. The molecule has 170 valence electrons. The molecule has 1 N–H and O–H groups in total. The lowest BCUT2D eigenvalue weighted by atomic mass is 10.0. The summed E-state index contributed by atoms with van der Waals surface area (Å²) in [6.45, 7) is 7.97. The second-order valence-corrected chi connectivity index (χ2v) is 8.35. The number of carbonyl (C=O) groups is 1. The summed E-state index contributed by atoms with van der Waals surface area (Å²) in [5.74, 6) is 2.14. The summed E-state index contributed by atoms with van der Waals surface area (Å²) in [5.41, 5.74) is 6.37. The number of hydrogen-bond donors (Lipinski definition) is 1. The zero-order valence-corrected chi connectivity index (χ0v) is 19.1. The van der Waals surface area contributed by atoms with Crippen molar-refractivity contribution < 1.29 is 19.0 Å². The summed E-state index contributed by atoms with van der Waals surface area (Å²) in [7, 11) is 0. The van der Waals surface area contributed by atoms with E-state index in [-0.39, 0.29) is 12.1 Å². The van der Waals surface area contributed by atoms with Crippen LogP contribution in [0.2, 0.25) is 0 Å². The summed E-state index contributed by atoms with van der Waals surface area (Å²) < 4.78 is 16.9. The van der Waals surface area contributed by atoms with Gasteiger partial charge in [-0.25, -0.2) is 4.98 Å². The number of anilines is 3. The molecule has 0 radical (unpaired) electrons. The third kappa shape index (κ3) is 4.18. The maximum Gasteiger partial charge on any atom is 0.303 e. The third-order valence-corrected chi connectivity index (χ3v) is 6.06. The normalized spacial score (nSPS) is 16.3. The highest BCUT2D eigenvalue weighted by atomic mass is 16.6. The lowest BCUT2D eigenvalue weighted by molar-refractivity contribution is -0.147. The van der Waals surface area contributed by atoms with Gasteiger partial charge in [0.15, 0.2) is 17.7 Å². The fraction of sp³-hybridized carbons (Fsp3) is 0.308. The number of nitrogens with zero attached hydrogens (tertiary/aromatic N) is 2. The largest absolute Gasteiger partial charge is 0.489 e. The minimum atomic E-state index is -0.334. The first-order chi connectivity index (χ1) is 16.0. The number of ether oxygens (including phenoxy) is 3. The van der Waals surface area contributed by atoms with E-state index < -0.39 is 0 Å².